The molecule has 72 valence electrons. The number of carbonyl (C=O) groups is 1. The largest absolute Gasteiger partial charge is 0.367 e. The van der Waals surface area contributed by atoms with E-state index in [0.29, 0.717) is 18.8 Å². The summed E-state index contributed by atoms with van der Waals surface area (Å²) in [6, 6.07) is 0. The second kappa shape index (κ2) is 4.44. The fourth-order valence-corrected chi connectivity index (χ4v) is 0.887. The van der Waals surface area contributed by atoms with Crippen molar-refractivity contribution in [2.45, 2.75) is 26.3 Å². The second-order valence-corrected chi connectivity index (χ2v) is 2.67. The van der Waals surface area contributed by atoms with E-state index < -0.39 is 0 Å². The van der Waals surface area contributed by atoms with Gasteiger partial charge in [-0.2, -0.15) is 4.98 Å². The number of nitrogens with two attached hydrogens (primary N) is 1. The van der Waals surface area contributed by atoms with Gasteiger partial charge in [0, 0.05) is 6.42 Å². The first-order valence-electron chi connectivity index (χ1n) is 4.15. The first kappa shape index (κ1) is 9.50. The van der Waals surface area contributed by atoms with Gasteiger partial charge < -0.3 is 11.1 Å². The van der Waals surface area contributed by atoms with Crippen LogP contribution in [0.4, 0.5) is 5.95 Å². The quantitative estimate of drug-likeness (QED) is 0.602. The summed E-state index contributed by atoms with van der Waals surface area (Å²) in [6.45, 7) is 2.30. The van der Waals surface area contributed by atoms with Crippen LogP contribution in [0.2, 0.25) is 0 Å². The van der Waals surface area contributed by atoms with Crippen molar-refractivity contribution in [3.05, 3.63) is 5.82 Å². The molecule has 0 aromatic carbocycles. The predicted molar refractivity (Wildman–Crippen MR) is 47.5 cm³/mol. The van der Waals surface area contributed by atoms with Gasteiger partial charge in [-0.25, -0.2) is 0 Å². The molecule has 0 atom stereocenters. The summed E-state index contributed by atoms with van der Waals surface area (Å²) in [4.78, 5) is 14.9. The van der Waals surface area contributed by atoms with Crippen LogP contribution in [0, 0.1) is 0 Å². The highest BCUT2D eigenvalue weighted by Gasteiger charge is 2.02. The Morgan fingerprint density at radius 2 is 2.46 bits per heavy atom. The van der Waals surface area contributed by atoms with E-state index in [0.717, 1.165) is 6.42 Å². The molecular weight excluding hydrogens is 170 g/mol. The Hall–Kier alpha value is -1.59. The molecule has 0 aliphatic rings. The summed E-state index contributed by atoms with van der Waals surface area (Å²) in [6.07, 6.45) is 1.37. The third kappa shape index (κ3) is 3.10. The van der Waals surface area contributed by atoms with Gasteiger partial charge in [-0.15, -0.1) is 5.10 Å². The zero-order chi connectivity index (χ0) is 9.68. The molecule has 0 bridgehead atoms. The smallest absolute Gasteiger partial charge is 0.239 e. The fourth-order valence-electron chi connectivity index (χ4n) is 0.887. The van der Waals surface area contributed by atoms with E-state index in [9.17, 15) is 4.79 Å². The molecule has 1 heterocycles. The predicted octanol–water partition coefficient (Wildman–Crippen LogP) is -0.197. The van der Waals surface area contributed by atoms with E-state index in [4.69, 9.17) is 5.73 Å². The highest BCUT2D eigenvalue weighted by molar-refractivity contribution is 5.75. The van der Waals surface area contributed by atoms with Crippen molar-refractivity contribution in [1.82, 2.24) is 20.5 Å². The lowest BCUT2D eigenvalue weighted by Gasteiger charge is -1.99. The highest BCUT2D eigenvalue weighted by atomic mass is 16.1. The van der Waals surface area contributed by atoms with Gasteiger partial charge in [0.2, 0.25) is 11.9 Å². The van der Waals surface area contributed by atoms with Gasteiger partial charge in [0.1, 0.15) is 5.82 Å². The molecule has 0 saturated carbocycles. The van der Waals surface area contributed by atoms with Crippen LogP contribution in [-0.2, 0) is 11.3 Å². The summed E-state index contributed by atoms with van der Waals surface area (Å²) in [5, 5.41) is 8.92. The van der Waals surface area contributed by atoms with Gasteiger partial charge in [0.05, 0.1) is 6.54 Å². The van der Waals surface area contributed by atoms with Crippen LogP contribution in [-0.4, -0.2) is 21.1 Å². The Kier molecular flexibility index (Phi) is 3.24. The summed E-state index contributed by atoms with van der Waals surface area (Å²) in [5.74, 6) is 0.777. The van der Waals surface area contributed by atoms with E-state index >= 15 is 0 Å². The standard InChI is InChI=1S/C7H13N5O/c1-2-3-6(13)9-4-5-10-7(8)12-11-5/h2-4H2,1H3,(H,9,13)(H3,8,10,11,12). The Bertz CT molecular complexity index is 282. The molecule has 4 N–H and O–H groups in total. The van der Waals surface area contributed by atoms with Crippen molar-refractivity contribution >= 4 is 11.9 Å². The minimum Gasteiger partial charge on any atom is -0.367 e. The molecule has 1 aromatic rings. The zero-order valence-corrected chi connectivity index (χ0v) is 7.50. The molecular formula is C7H13N5O. The molecule has 6 nitrogen and oxygen atoms in total. The number of anilines is 1. The summed E-state index contributed by atoms with van der Waals surface area (Å²) in [7, 11) is 0. The van der Waals surface area contributed by atoms with E-state index in [1.54, 1.807) is 0 Å². The van der Waals surface area contributed by atoms with E-state index in [1.165, 1.54) is 0 Å². The molecule has 6 heteroatoms. The average Bonchev–Trinajstić information content (AvgIpc) is 2.49. The summed E-state index contributed by atoms with van der Waals surface area (Å²) < 4.78 is 0. The molecule has 1 amide bonds. The monoisotopic (exact) mass is 183 g/mol. The number of aromatic nitrogens is 3. The number of aromatic amines is 1. The third-order valence-electron chi connectivity index (χ3n) is 1.48. The number of nitrogens with one attached hydrogen (secondary N) is 2. The maximum absolute atomic E-state index is 11.0. The van der Waals surface area contributed by atoms with Crippen LogP contribution in [0.25, 0.3) is 0 Å². The first-order valence-corrected chi connectivity index (χ1v) is 4.15. The zero-order valence-electron chi connectivity index (χ0n) is 7.50. The normalized spacial score (nSPS) is 9.92. The molecule has 0 fully saturated rings. The molecule has 13 heavy (non-hydrogen) atoms. The van der Waals surface area contributed by atoms with Crippen molar-refractivity contribution in [2.75, 3.05) is 5.73 Å². The molecule has 0 spiro atoms. The maximum Gasteiger partial charge on any atom is 0.239 e. The molecule has 0 unspecified atom stereocenters. The first-order chi connectivity index (χ1) is 6.22. The van der Waals surface area contributed by atoms with Crippen molar-refractivity contribution in [3.63, 3.8) is 0 Å². The Balaban J connectivity index is 2.30. The van der Waals surface area contributed by atoms with E-state index in [1.807, 2.05) is 6.92 Å². The fraction of sp³-hybridized carbons (Fsp3) is 0.571. The lowest BCUT2D eigenvalue weighted by Crippen LogP contribution is -2.22. The molecule has 0 aliphatic carbocycles. The Morgan fingerprint density at radius 1 is 1.69 bits per heavy atom. The summed E-state index contributed by atoms with van der Waals surface area (Å²) >= 11 is 0. The van der Waals surface area contributed by atoms with Gasteiger partial charge in [0.15, 0.2) is 0 Å². The van der Waals surface area contributed by atoms with Crippen LogP contribution < -0.4 is 11.1 Å². The van der Waals surface area contributed by atoms with E-state index in [2.05, 4.69) is 20.5 Å². The SMILES string of the molecule is CCCC(=O)NCc1nc(N)n[nH]1. The molecule has 1 aromatic heterocycles. The number of nitrogen functional groups attached to an aromatic ring is 1. The topological polar surface area (TPSA) is 96.7 Å². The van der Waals surface area contributed by atoms with Crippen molar-refractivity contribution in [2.24, 2.45) is 0 Å². The summed E-state index contributed by atoms with van der Waals surface area (Å²) in [5.41, 5.74) is 5.28. The van der Waals surface area contributed by atoms with Crippen molar-refractivity contribution in [3.8, 4) is 0 Å². The number of hydrogen-bond acceptors (Lipinski definition) is 4. The molecule has 0 radical (unpaired) electrons. The van der Waals surface area contributed by atoms with Crippen molar-refractivity contribution < 1.29 is 4.79 Å². The minimum atomic E-state index is 0.0115. The van der Waals surface area contributed by atoms with Gasteiger partial charge >= 0.3 is 0 Å². The number of amides is 1. The van der Waals surface area contributed by atoms with Gasteiger partial charge in [-0.05, 0) is 6.42 Å². The Labute approximate surface area is 75.9 Å². The maximum atomic E-state index is 11.0. The number of hydrogen-bond donors (Lipinski definition) is 3. The van der Waals surface area contributed by atoms with Crippen LogP contribution in [0.3, 0.4) is 0 Å². The van der Waals surface area contributed by atoms with Gasteiger partial charge in [0.25, 0.3) is 0 Å². The second-order valence-electron chi connectivity index (χ2n) is 2.67. The van der Waals surface area contributed by atoms with Crippen molar-refractivity contribution in [1.29, 1.82) is 0 Å². The average molecular weight is 183 g/mol. The third-order valence-corrected chi connectivity index (χ3v) is 1.48. The lowest BCUT2D eigenvalue weighted by atomic mass is 10.3. The van der Waals surface area contributed by atoms with Crippen LogP contribution in [0.1, 0.15) is 25.6 Å². The van der Waals surface area contributed by atoms with Crippen LogP contribution in [0.5, 0.6) is 0 Å². The number of rotatable bonds is 4. The Morgan fingerprint density at radius 3 is 3.00 bits per heavy atom. The van der Waals surface area contributed by atoms with Gasteiger partial charge in [-0.3, -0.25) is 9.89 Å². The van der Waals surface area contributed by atoms with Gasteiger partial charge in [-0.1, -0.05) is 6.92 Å². The molecule has 0 saturated heterocycles. The number of H-pyrrole nitrogens is 1. The molecule has 1 rings (SSSR count). The lowest BCUT2D eigenvalue weighted by molar-refractivity contribution is -0.121. The molecule has 0 aliphatic heterocycles. The number of nitrogens with zero attached hydrogens (tertiary/aromatic N) is 2. The number of carbonyl (C=O) groups excluding carboxylic acids is 1. The van der Waals surface area contributed by atoms with Crippen LogP contribution in [0.15, 0.2) is 0 Å². The van der Waals surface area contributed by atoms with E-state index in [-0.39, 0.29) is 11.9 Å². The minimum absolute atomic E-state index is 0.0115. The highest BCUT2D eigenvalue weighted by Crippen LogP contribution is 1.93. The van der Waals surface area contributed by atoms with Crippen LogP contribution >= 0.6 is 0 Å².